The lowest BCUT2D eigenvalue weighted by atomic mass is 9.78. The lowest BCUT2D eigenvalue weighted by Gasteiger charge is -2.44. The molecule has 2 atom stereocenters. The van der Waals surface area contributed by atoms with E-state index in [1.54, 1.807) is 0 Å². The minimum absolute atomic E-state index is 0.00538. The molecule has 4 aliphatic rings. The lowest BCUT2D eigenvalue weighted by Crippen LogP contribution is -2.53. The van der Waals surface area contributed by atoms with Crippen LogP contribution in [0.5, 0.6) is 5.75 Å². The molecule has 5 heteroatoms. The number of fused-ring (bicyclic) bond motifs is 4. The van der Waals surface area contributed by atoms with Gasteiger partial charge in [0.05, 0.1) is 12.6 Å². The molecule has 0 saturated carbocycles. The first-order valence-corrected chi connectivity index (χ1v) is 13.1. The Morgan fingerprint density at radius 2 is 1.61 bits per heavy atom. The maximum Gasteiger partial charge on any atom is 0.407 e. The highest BCUT2D eigenvalue weighted by Crippen LogP contribution is 2.44. The monoisotopic (exact) mass is 482 g/mol. The number of nitrogens with one attached hydrogen (secondary N) is 1. The number of rotatable bonds is 4. The first-order chi connectivity index (χ1) is 17.5. The highest BCUT2D eigenvalue weighted by molar-refractivity contribution is 5.74. The number of carbonyl (C=O) groups is 1. The molecule has 1 N–H and O–H groups in total. The fraction of sp³-hybridized carbons (Fsp3) is 0.387. The van der Waals surface area contributed by atoms with Crippen LogP contribution in [0.2, 0.25) is 0 Å². The zero-order chi connectivity index (χ0) is 24.7. The van der Waals surface area contributed by atoms with Gasteiger partial charge in [0, 0.05) is 17.5 Å². The third kappa shape index (κ3) is 4.48. The summed E-state index contributed by atoms with van der Waals surface area (Å²) >= 11 is 0. The van der Waals surface area contributed by atoms with Crippen LogP contribution in [-0.4, -0.2) is 43.3 Å². The predicted molar refractivity (Wildman–Crippen MR) is 142 cm³/mol. The number of alkyl carbamates (subject to hydrolysis) is 1. The van der Waals surface area contributed by atoms with Crippen LogP contribution in [0.4, 0.5) is 4.79 Å². The van der Waals surface area contributed by atoms with Gasteiger partial charge in [0.25, 0.3) is 0 Å². The largest absolute Gasteiger partial charge is 0.493 e. The summed E-state index contributed by atoms with van der Waals surface area (Å²) in [7, 11) is 0. The van der Waals surface area contributed by atoms with Crippen LogP contribution in [-0.2, 0) is 4.74 Å². The molecule has 0 aliphatic carbocycles. The number of piperidine rings is 3. The Balaban J connectivity index is 1.23. The van der Waals surface area contributed by atoms with Crippen LogP contribution in [0.1, 0.15) is 38.3 Å². The summed E-state index contributed by atoms with van der Waals surface area (Å²) < 4.78 is 12.2. The van der Waals surface area contributed by atoms with Gasteiger partial charge in [-0.15, -0.1) is 0 Å². The van der Waals surface area contributed by atoms with E-state index >= 15 is 0 Å². The molecule has 186 valence electrons. The third-order valence-electron chi connectivity index (χ3n) is 8.13. The van der Waals surface area contributed by atoms with Crippen LogP contribution < -0.4 is 10.1 Å². The number of amides is 1. The van der Waals surface area contributed by atoms with Gasteiger partial charge < -0.3 is 14.8 Å². The first kappa shape index (κ1) is 23.1. The minimum Gasteiger partial charge on any atom is -0.493 e. The normalized spacial score (nSPS) is 25.9. The molecule has 0 aromatic heterocycles. The van der Waals surface area contributed by atoms with Crippen LogP contribution in [0, 0.1) is 11.3 Å². The summed E-state index contributed by atoms with van der Waals surface area (Å²) in [4.78, 5) is 15.4. The number of benzene rings is 3. The van der Waals surface area contributed by atoms with Gasteiger partial charge in [-0.3, -0.25) is 4.90 Å². The zero-order valence-electron chi connectivity index (χ0n) is 21.1. The SMILES string of the molecule is CC1(C)COc2cc(-c3cccc(-c4ccccc4)c3)ccc2C1NC(=O)O[C@H]1CN2CCC1CC2. The van der Waals surface area contributed by atoms with Crippen LogP contribution in [0.25, 0.3) is 22.3 Å². The van der Waals surface area contributed by atoms with Crippen molar-refractivity contribution in [3.8, 4) is 28.0 Å². The van der Waals surface area contributed by atoms with Crippen molar-refractivity contribution in [3.63, 3.8) is 0 Å². The molecule has 3 saturated heterocycles. The maximum atomic E-state index is 13.0. The molecule has 3 aromatic rings. The fourth-order valence-corrected chi connectivity index (χ4v) is 5.96. The molecular formula is C31H34N2O3. The summed E-state index contributed by atoms with van der Waals surface area (Å²) in [6, 6.07) is 25.1. The second kappa shape index (κ2) is 9.29. The summed E-state index contributed by atoms with van der Waals surface area (Å²) in [6.07, 6.45) is 1.92. The lowest BCUT2D eigenvalue weighted by molar-refractivity contribution is -0.0361. The van der Waals surface area contributed by atoms with Gasteiger partial charge in [-0.1, -0.05) is 74.5 Å². The van der Waals surface area contributed by atoms with E-state index in [1.807, 2.05) is 6.07 Å². The molecular weight excluding hydrogens is 448 g/mol. The summed E-state index contributed by atoms with van der Waals surface area (Å²) in [5.41, 5.74) is 5.36. The number of hydrogen-bond acceptors (Lipinski definition) is 4. The van der Waals surface area contributed by atoms with Crippen molar-refractivity contribution in [2.45, 2.75) is 38.8 Å². The Bertz CT molecular complexity index is 1250. The Kier molecular flexibility index (Phi) is 5.96. The molecule has 36 heavy (non-hydrogen) atoms. The Morgan fingerprint density at radius 3 is 2.33 bits per heavy atom. The topological polar surface area (TPSA) is 50.8 Å². The molecule has 5 nitrogen and oxygen atoms in total. The van der Waals surface area contributed by atoms with E-state index < -0.39 is 0 Å². The highest BCUT2D eigenvalue weighted by Gasteiger charge is 2.41. The van der Waals surface area contributed by atoms with Crippen molar-refractivity contribution in [1.82, 2.24) is 10.2 Å². The molecule has 4 aliphatic heterocycles. The minimum atomic E-state index is -0.320. The molecule has 0 radical (unpaired) electrons. The van der Waals surface area contributed by atoms with Gasteiger partial charge in [-0.05, 0) is 66.2 Å². The van der Waals surface area contributed by atoms with Crippen LogP contribution >= 0.6 is 0 Å². The average Bonchev–Trinajstić information content (AvgIpc) is 2.91. The first-order valence-electron chi connectivity index (χ1n) is 13.1. The summed E-state index contributed by atoms with van der Waals surface area (Å²) in [6.45, 7) is 7.90. The van der Waals surface area contributed by atoms with E-state index in [4.69, 9.17) is 9.47 Å². The van der Waals surface area contributed by atoms with Crippen molar-refractivity contribution >= 4 is 6.09 Å². The van der Waals surface area contributed by atoms with E-state index in [-0.39, 0.29) is 23.7 Å². The molecule has 1 unspecified atom stereocenters. The molecule has 3 aromatic carbocycles. The van der Waals surface area contributed by atoms with Crippen molar-refractivity contribution in [2.75, 3.05) is 26.2 Å². The van der Waals surface area contributed by atoms with Crippen molar-refractivity contribution in [2.24, 2.45) is 11.3 Å². The van der Waals surface area contributed by atoms with Crippen molar-refractivity contribution in [3.05, 3.63) is 78.4 Å². The van der Waals surface area contributed by atoms with Gasteiger partial charge >= 0.3 is 6.09 Å². The molecule has 0 spiro atoms. The third-order valence-corrected chi connectivity index (χ3v) is 8.13. The standard InChI is InChI=1S/C31H34N2O3/c1-31(2)20-35-27-18-25(24-10-6-9-23(17-24)21-7-4-3-5-8-21)11-12-26(27)29(31)32-30(34)36-28-19-33-15-13-22(28)14-16-33/h3-12,17-18,22,28-29H,13-16,19-20H2,1-2H3,(H,32,34)/t28-,29?/m0/s1. The number of hydrogen-bond donors (Lipinski definition) is 1. The van der Waals surface area contributed by atoms with E-state index in [1.165, 1.54) is 11.1 Å². The number of carbonyl (C=O) groups excluding carboxylic acids is 1. The van der Waals surface area contributed by atoms with Gasteiger partial charge in [0.2, 0.25) is 0 Å². The fourth-order valence-electron chi connectivity index (χ4n) is 5.96. The second-order valence-electron chi connectivity index (χ2n) is 11.1. The second-order valence-corrected chi connectivity index (χ2v) is 11.1. The molecule has 1 amide bonds. The van der Waals surface area contributed by atoms with Crippen molar-refractivity contribution < 1.29 is 14.3 Å². The number of ether oxygens (including phenoxy) is 2. The van der Waals surface area contributed by atoms with Crippen molar-refractivity contribution in [1.29, 1.82) is 0 Å². The van der Waals surface area contributed by atoms with E-state index in [2.05, 4.69) is 90.8 Å². The van der Waals surface area contributed by atoms with Gasteiger partial charge in [0.15, 0.2) is 0 Å². The molecule has 2 bridgehead atoms. The Hall–Kier alpha value is -3.31. The predicted octanol–water partition coefficient (Wildman–Crippen LogP) is 6.30. The number of nitrogens with zero attached hydrogens (tertiary/aromatic N) is 1. The van der Waals surface area contributed by atoms with Crippen LogP contribution in [0.15, 0.2) is 72.8 Å². The van der Waals surface area contributed by atoms with Gasteiger partial charge in [0.1, 0.15) is 11.9 Å². The quantitative estimate of drug-likeness (QED) is 0.474. The smallest absolute Gasteiger partial charge is 0.407 e. The van der Waals surface area contributed by atoms with E-state index in [0.717, 1.165) is 54.9 Å². The van der Waals surface area contributed by atoms with Gasteiger partial charge in [-0.25, -0.2) is 4.79 Å². The average molecular weight is 483 g/mol. The van der Waals surface area contributed by atoms with Crippen LogP contribution in [0.3, 0.4) is 0 Å². The Morgan fingerprint density at radius 1 is 0.917 bits per heavy atom. The molecule has 7 rings (SSSR count). The highest BCUT2D eigenvalue weighted by atomic mass is 16.6. The molecule has 4 heterocycles. The zero-order valence-corrected chi connectivity index (χ0v) is 21.1. The summed E-state index contributed by atoms with van der Waals surface area (Å²) in [5.74, 6) is 1.31. The van der Waals surface area contributed by atoms with E-state index in [9.17, 15) is 4.79 Å². The Labute approximate surface area is 213 Å². The summed E-state index contributed by atoms with van der Waals surface area (Å²) in [5, 5.41) is 3.20. The van der Waals surface area contributed by atoms with E-state index in [0.29, 0.717) is 12.5 Å². The maximum absolute atomic E-state index is 13.0. The molecule has 3 fully saturated rings. The van der Waals surface area contributed by atoms with Gasteiger partial charge in [-0.2, -0.15) is 0 Å².